The van der Waals surface area contributed by atoms with E-state index in [1.807, 2.05) is 13.0 Å². The van der Waals surface area contributed by atoms with Gasteiger partial charge in [-0.2, -0.15) is 0 Å². The van der Waals surface area contributed by atoms with Crippen molar-refractivity contribution in [2.75, 3.05) is 0 Å². The monoisotopic (exact) mass is 331 g/mol. The van der Waals surface area contributed by atoms with Gasteiger partial charge >= 0.3 is 0 Å². The Morgan fingerprint density at radius 3 is 2.50 bits per heavy atom. The van der Waals surface area contributed by atoms with E-state index in [1.54, 1.807) is 6.92 Å². The summed E-state index contributed by atoms with van der Waals surface area (Å²) in [5.41, 5.74) is 6.31. The van der Waals surface area contributed by atoms with Crippen molar-refractivity contribution in [2.45, 2.75) is 19.9 Å². The third-order valence-corrected chi connectivity index (χ3v) is 5.03. The minimum absolute atomic E-state index is 0.0660. The molecule has 2 aromatic rings. The van der Waals surface area contributed by atoms with Crippen molar-refractivity contribution in [1.29, 1.82) is 0 Å². The molecular formula is C13H12BrF2NS. The first-order valence-electron chi connectivity index (χ1n) is 5.37. The third kappa shape index (κ3) is 2.35. The molecule has 0 aliphatic heterocycles. The van der Waals surface area contributed by atoms with Crippen LogP contribution in [0, 0.1) is 25.5 Å². The molecule has 1 aromatic carbocycles. The molecule has 0 saturated heterocycles. The van der Waals surface area contributed by atoms with Crippen molar-refractivity contribution in [3.05, 3.63) is 55.2 Å². The Morgan fingerprint density at radius 1 is 1.28 bits per heavy atom. The van der Waals surface area contributed by atoms with E-state index in [0.29, 0.717) is 5.56 Å². The van der Waals surface area contributed by atoms with Gasteiger partial charge in [0, 0.05) is 19.8 Å². The zero-order valence-corrected chi connectivity index (χ0v) is 12.3. The summed E-state index contributed by atoms with van der Waals surface area (Å²) in [5.74, 6) is -1.17. The molecule has 0 aliphatic carbocycles. The molecule has 96 valence electrons. The Hall–Kier alpha value is -0.780. The summed E-state index contributed by atoms with van der Waals surface area (Å²) in [6.07, 6.45) is 0. The number of benzene rings is 1. The molecule has 1 aromatic heterocycles. The summed E-state index contributed by atoms with van der Waals surface area (Å²) in [4.78, 5) is 1.77. The second kappa shape index (κ2) is 5.07. The number of aryl methyl sites for hydroxylation is 2. The molecule has 2 N–H and O–H groups in total. The fraction of sp³-hybridized carbons (Fsp3) is 0.231. The van der Waals surface area contributed by atoms with Gasteiger partial charge in [0.25, 0.3) is 0 Å². The lowest BCUT2D eigenvalue weighted by Crippen LogP contribution is -2.15. The molecule has 5 heteroatoms. The average molecular weight is 332 g/mol. The van der Waals surface area contributed by atoms with Crippen LogP contribution in [0.5, 0.6) is 0 Å². The number of rotatable bonds is 2. The Balaban J connectivity index is 2.52. The van der Waals surface area contributed by atoms with Crippen molar-refractivity contribution < 1.29 is 8.78 Å². The Morgan fingerprint density at radius 2 is 1.94 bits per heavy atom. The Bertz CT molecular complexity index is 575. The summed E-state index contributed by atoms with van der Waals surface area (Å²) < 4.78 is 28.6. The van der Waals surface area contributed by atoms with Crippen LogP contribution in [0.15, 0.2) is 22.7 Å². The first-order valence-corrected chi connectivity index (χ1v) is 6.98. The zero-order valence-electron chi connectivity index (χ0n) is 9.93. The third-order valence-electron chi connectivity index (χ3n) is 2.81. The van der Waals surface area contributed by atoms with Gasteiger partial charge in [-0.05, 0) is 47.5 Å². The molecule has 0 bridgehead atoms. The van der Waals surface area contributed by atoms with Crippen molar-refractivity contribution >= 4 is 27.3 Å². The summed E-state index contributed by atoms with van der Waals surface area (Å²) in [6.45, 7) is 3.52. The molecule has 1 nitrogen and oxygen atoms in total. The maximum atomic E-state index is 14.0. The molecule has 18 heavy (non-hydrogen) atoms. The van der Waals surface area contributed by atoms with Crippen LogP contribution >= 0.6 is 27.3 Å². The molecule has 1 heterocycles. The number of nitrogens with two attached hydrogens (primary N) is 1. The fourth-order valence-electron chi connectivity index (χ4n) is 1.74. The lowest BCUT2D eigenvalue weighted by molar-refractivity contribution is 0.539. The maximum Gasteiger partial charge on any atom is 0.134 e. The molecular weight excluding hydrogens is 320 g/mol. The largest absolute Gasteiger partial charge is 0.319 e. The zero-order chi connectivity index (χ0) is 13.4. The minimum Gasteiger partial charge on any atom is -0.319 e. The highest BCUT2D eigenvalue weighted by molar-refractivity contribution is 9.10. The topological polar surface area (TPSA) is 26.0 Å². The van der Waals surface area contributed by atoms with Crippen LogP contribution in [-0.2, 0) is 0 Å². The van der Waals surface area contributed by atoms with Crippen molar-refractivity contribution in [1.82, 2.24) is 0 Å². The van der Waals surface area contributed by atoms with Gasteiger partial charge in [-0.3, -0.25) is 0 Å². The predicted molar refractivity (Wildman–Crippen MR) is 73.9 cm³/mol. The van der Waals surface area contributed by atoms with Crippen LogP contribution in [0.4, 0.5) is 8.78 Å². The highest BCUT2D eigenvalue weighted by atomic mass is 79.9. The number of halogens is 3. The lowest BCUT2D eigenvalue weighted by Gasteiger charge is -2.13. The molecule has 1 atom stereocenters. The van der Waals surface area contributed by atoms with Gasteiger partial charge in [0.15, 0.2) is 0 Å². The fourth-order valence-corrected chi connectivity index (χ4v) is 3.31. The van der Waals surface area contributed by atoms with Gasteiger partial charge in [-0.1, -0.05) is 6.07 Å². The van der Waals surface area contributed by atoms with E-state index in [1.165, 1.54) is 23.5 Å². The van der Waals surface area contributed by atoms with E-state index in [9.17, 15) is 8.78 Å². The summed E-state index contributed by atoms with van der Waals surface area (Å²) in [5, 5.41) is 0. The Labute approximate surface area is 117 Å². The quantitative estimate of drug-likeness (QED) is 0.864. The van der Waals surface area contributed by atoms with E-state index < -0.39 is 17.7 Å². The standard InChI is InChI=1S/C13H12BrF2NS/c1-6-3-4-9(15)11(12(6)16)13(17)10-5-8(14)7(2)18-10/h3-5,13H,17H2,1-2H3. The number of hydrogen-bond donors (Lipinski definition) is 1. The molecule has 0 fully saturated rings. The summed E-state index contributed by atoms with van der Waals surface area (Å²) in [6, 6.07) is 3.70. The van der Waals surface area contributed by atoms with Crippen LogP contribution in [-0.4, -0.2) is 0 Å². The highest BCUT2D eigenvalue weighted by Crippen LogP contribution is 2.34. The van der Waals surface area contributed by atoms with Crippen LogP contribution in [0.3, 0.4) is 0 Å². The van der Waals surface area contributed by atoms with Gasteiger partial charge in [-0.15, -0.1) is 11.3 Å². The van der Waals surface area contributed by atoms with Crippen molar-refractivity contribution in [3.63, 3.8) is 0 Å². The number of hydrogen-bond acceptors (Lipinski definition) is 2. The van der Waals surface area contributed by atoms with Gasteiger partial charge < -0.3 is 5.73 Å². The lowest BCUT2D eigenvalue weighted by atomic mass is 10.0. The van der Waals surface area contributed by atoms with Crippen LogP contribution in [0.25, 0.3) is 0 Å². The van der Waals surface area contributed by atoms with Crippen LogP contribution in [0.1, 0.15) is 26.9 Å². The second-order valence-corrected chi connectivity index (χ2v) is 6.26. The summed E-state index contributed by atoms with van der Waals surface area (Å²) >= 11 is 4.81. The smallest absolute Gasteiger partial charge is 0.134 e. The van der Waals surface area contributed by atoms with Crippen LogP contribution < -0.4 is 5.73 Å². The van der Waals surface area contributed by atoms with Gasteiger partial charge in [0.05, 0.1) is 6.04 Å². The normalized spacial score (nSPS) is 12.8. The molecule has 0 spiro atoms. The minimum atomic E-state index is -0.778. The van der Waals surface area contributed by atoms with Crippen molar-refractivity contribution in [3.8, 4) is 0 Å². The van der Waals surface area contributed by atoms with E-state index in [4.69, 9.17) is 5.73 Å². The SMILES string of the molecule is Cc1ccc(F)c(C(N)c2cc(Br)c(C)s2)c1F. The average Bonchev–Trinajstić information content (AvgIpc) is 2.65. The molecule has 0 aliphatic rings. The first kappa shape index (κ1) is 13.6. The molecule has 2 rings (SSSR count). The first-order chi connectivity index (χ1) is 8.41. The second-order valence-electron chi connectivity index (χ2n) is 4.12. The predicted octanol–water partition coefficient (Wildman–Crippen LogP) is 4.45. The Kier molecular flexibility index (Phi) is 3.84. The number of thiophene rings is 1. The van der Waals surface area contributed by atoms with E-state index in [2.05, 4.69) is 15.9 Å². The van der Waals surface area contributed by atoms with Gasteiger partial charge in [-0.25, -0.2) is 8.78 Å². The van der Waals surface area contributed by atoms with E-state index in [0.717, 1.165) is 14.2 Å². The van der Waals surface area contributed by atoms with E-state index in [-0.39, 0.29) is 5.56 Å². The molecule has 0 saturated carbocycles. The van der Waals surface area contributed by atoms with Gasteiger partial charge in [0.1, 0.15) is 11.6 Å². The molecule has 1 unspecified atom stereocenters. The maximum absolute atomic E-state index is 14.0. The summed E-state index contributed by atoms with van der Waals surface area (Å²) in [7, 11) is 0. The van der Waals surface area contributed by atoms with Gasteiger partial charge in [0.2, 0.25) is 0 Å². The van der Waals surface area contributed by atoms with Crippen LogP contribution in [0.2, 0.25) is 0 Å². The van der Waals surface area contributed by atoms with Crippen molar-refractivity contribution in [2.24, 2.45) is 5.73 Å². The molecule has 0 amide bonds. The molecule has 0 radical (unpaired) electrons. The highest BCUT2D eigenvalue weighted by Gasteiger charge is 2.21. The van der Waals surface area contributed by atoms with E-state index >= 15 is 0 Å².